The van der Waals surface area contributed by atoms with Gasteiger partial charge in [0.2, 0.25) is 11.1 Å². The third-order valence-electron chi connectivity index (χ3n) is 4.62. The number of halogens is 1. The van der Waals surface area contributed by atoms with Gasteiger partial charge in [0.15, 0.2) is 5.78 Å². The summed E-state index contributed by atoms with van der Waals surface area (Å²) in [6.07, 6.45) is 0. The first-order valence-corrected chi connectivity index (χ1v) is 11.2. The maximum atomic E-state index is 13.0. The number of ketones is 1. The van der Waals surface area contributed by atoms with E-state index in [1.165, 1.54) is 4.68 Å². The van der Waals surface area contributed by atoms with Crippen molar-refractivity contribution in [3.63, 3.8) is 0 Å². The number of tetrazole rings is 1. The Morgan fingerprint density at radius 1 is 1.06 bits per heavy atom. The van der Waals surface area contributed by atoms with Crippen molar-refractivity contribution in [3.8, 4) is 11.4 Å². The third-order valence-corrected chi connectivity index (χ3v) is 5.78. The van der Waals surface area contributed by atoms with Gasteiger partial charge < -0.3 is 10.1 Å². The van der Waals surface area contributed by atoms with E-state index in [2.05, 4.69) is 20.8 Å². The van der Waals surface area contributed by atoms with E-state index in [-0.39, 0.29) is 17.4 Å². The maximum Gasteiger partial charge on any atom is 0.234 e. The molecular weight excluding hydrogens is 462 g/mol. The van der Waals surface area contributed by atoms with Gasteiger partial charge in [0.25, 0.3) is 0 Å². The van der Waals surface area contributed by atoms with Gasteiger partial charge in [-0.05, 0) is 40.8 Å². The summed E-state index contributed by atoms with van der Waals surface area (Å²) in [5.41, 5.74) is 1.84. The average molecular weight is 480 g/mol. The number of anilines is 1. The number of nitrogens with zero attached hydrogens (tertiary/aromatic N) is 4. The molecule has 0 aliphatic carbocycles. The number of aromatic nitrogens is 4. The number of hydrogen-bond donors (Lipinski definition) is 1. The van der Waals surface area contributed by atoms with Crippen LogP contribution in [0.25, 0.3) is 5.69 Å². The van der Waals surface area contributed by atoms with Gasteiger partial charge in [-0.25, -0.2) is 0 Å². The minimum atomic E-state index is -0.320. The van der Waals surface area contributed by atoms with Crippen LogP contribution in [0.5, 0.6) is 5.75 Å². The number of benzene rings is 3. The smallest absolute Gasteiger partial charge is 0.234 e. The minimum absolute atomic E-state index is 0.0249. The lowest BCUT2D eigenvalue weighted by atomic mass is 10.0. The van der Waals surface area contributed by atoms with Crippen LogP contribution in [0.1, 0.15) is 15.9 Å². The molecule has 0 fully saturated rings. The fourth-order valence-corrected chi connectivity index (χ4v) is 3.96. The number of ether oxygens (including phenoxy) is 1. The fourth-order valence-electron chi connectivity index (χ4n) is 3.10. The molecule has 0 saturated heterocycles. The first-order chi connectivity index (χ1) is 16.1. The number of thioether (sulfide) groups is 1. The highest BCUT2D eigenvalue weighted by molar-refractivity contribution is 7.99. The molecular formula is C23H18ClN5O3S. The quantitative estimate of drug-likeness (QED) is 0.297. The largest absolute Gasteiger partial charge is 0.494 e. The van der Waals surface area contributed by atoms with E-state index < -0.39 is 0 Å². The van der Waals surface area contributed by atoms with Gasteiger partial charge in [-0.3, -0.25) is 9.59 Å². The third kappa shape index (κ3) is 5.21. The summed E-state index contributed by atoms with van der Waals surface area (Å²) in [6, 6.07) is 20.9. The van der Waals surface area contributed by atoms with Crippen molar-refractivity contribution in [1.29, 1.82) is 0 Å². The maximum absolute atomic E-state index is 13.0. The Morgan fingerprint density at radius 3 is 2.61 bits per heavy atom. The molecule has 1 aromatic heterocycles. The van der Waals surface area contributed by atoms with Crippen LogP contribution in [0.3, 0.4) is 0 Å². The lowest BCUT2D eigenvalue weighted by Crippen LogP contribution is -2.17. The molecule has 8 nitrogen and oxygen atoms in total. The van der Waals surface area contributed by atoms with Crippen molar-refractivity contribution in [3.05, 3.63) is 88.9 Å². The van der Waals surface area contributed by atoms with Crippen molar-refractivity contribution in [1.82, 2.24) is 20.2 Å². The first kappa shape index (κ1) is 22.5. The highest BCUT2D eigenvalue weighted by Gasteiger charge is 2.18. The van der Waals surface area contributed by atoms with Crippen LogP contribution in [0.4, 0.5) is 5.69 Å². The zero-order chi connectivity index (χ0) is 23.2. The summed E-state index contributed by atoms with van der Waals surface area (Å²) >= 11 is 7.27. The zero-order valence-electron chi connectivity index (χ0n) is 17.4. The predicted molar refractivity (Wildman–Crippen MR) is 126 cm³/mol. The average Bonchev–Trinajstić information content (AvgIpc) is 3.32. The Hall–Kier alpha value is -3.69. The van der Waals surface area contributed by atoms with Crippen LogP contribution in [0.15, 0.2) is 78.0 Å². The van der Waals surface area contributed by atoms with E-state index in [1.54, 1.807) is 55.6 Å². The standard InChI is InChI=1S/C23H18ClN5O3S/c1-32-20-10-6-5-9-19(20)29-23(26-27-28-29)33-14-21(30)25-18-12-11-16(24)13-17(18)22(31)15-7-3-2-4-8-15/h2-13H,14H2,1H3,(H,25,30). The molecule has 0 aliphatic rings. The Labute approximate surface area is 198 Å². The van der Waals surface area contributed by atoms with Crippen LogP contribution in [0, 0.1) is 0 Å². The number of para-hydroxylation sites is 2. The van der Waals surface area contributed by atoms with Gasteiger partial charge in [-0.15, -0.1) is 5.10 Å². The number of methoxy groups -OCH3 is 1. The molecule has 0 aliphatic heterocycles. The molecule has 4 rings (SSSR count). The minimum Gasteiger partial charge on any atom is -0.494 e. The molecule has 10 heteroatoms. The van der Waals surface area contributed by atoms with Crippen molar-refractivity contribution >= 4 is 40.7 Å². The number of hydrogen-bond acceptors (Lipinski definition) is 7. The van der Waals surface area contributed by atoms with E-state index in [4.69, 9.17) is 16.3 Å². The number of carbonyl (C=O) groups excluding carboxylic acids is 2. The topological polar surface area (TPSA) is 99.0 Å². The van der Waals surface area contributed by atoms with Gasteiger partial charge in [0, 0.05) is 16.1 Å². The van der Waals surface area contributed by atoms with E-state index in [0.29, 0.717) is 38.4 Å². The van der Waals surface area contributed by atoms with Crippen LogP contribution < -0.4 is 10.1 Å². The number of amides is 1. The molecule has 0 spiro atoms. The van der Waals surface area contributed by atoms with Crippen LogP contribution in [0.2, 0.25) is 5.02 Å². The molecule has 0 saturated carbocycles. The Bertz CT molecular complexity index is 1300. The van der Waals surface area contributed by atoms with Crippen molar-refractivity contribution < 1.29 is 14.3 Å². The van der Waals surface area contributed by atoms with Gasteiger partial charge in [-0.1, -0.05) is 65.8 Å². The molecule has 3 aromatic carbocycles. The molecule has 4 aromatic rings. The van der Waals surface area contributed by atoms with Gasteiger partial charge >= 0.3 is 0 Å². The predicted octanol–water partition coefficient (Wildman–Crippen LogP) is 4.29. The SMILES string of the molecule is COc1ccccc1-n1nnnc1SCC(=O)Nc1ccc(Cl)cc1C(=O)c1ccccc1. The van der Waals surface area contributed by atoms with E-state index in [1.807, 2.05) is 24.3 Å². The van der Waals surface area contributed by atoms with Crippen LogP contribution in [-0.2, 0) is 4.79 Å². The second-order valence-electron chi connectivity index (χ2n) is 6.77. The lowest BCUT2D eigenvalue weighted by molar-refractivity contribution is -0.113. The van der Waals surface area contributed by atoms with Crippen molar-refractivity contribution in [2.75, 3.05) is 18.2 Å². The molecule has 0 unspecified atom stereocenters. The highest BCUT2D eigenvalue weighted by atomic mass is 35.5. The molecule has 33 heavy (non-hydrogen) atoms. The lowest BCUT2D eigenvalue weighted by Gasteiger charge is -2.11. The zero-order valence-corrected chi connectivity index (χ0v) is 19.0. The Morgan fingerprint density at radius 2 is 1.82 bits per heavy atom. The number of rotatable bonds is 8. The summed E-state index contributed by atoms with van der Waals surface area (Å²) in [6.45, 7) is 0. The molecule has 0 bridgehead atoms. The van der Waals surface area contributed by atoms with Crippen molar-refractivity contribution in [2.45, 2.75) is 5.16 Å². The van der Waals surface area contributed by atoms with Crippen LogP contribution in [-0.4, -0.2) is 44.8 Å². The second kappa shape index (κ2) is 10.3. The monoisotopic (exact) mass is 479 g/mol. The molecule has 1 N–H and O–H groups in total. The molecule has 0 radical (unpaired) electrons. The number of carbonyl (C=O) groups is 2. The molecule has 166 valence electrons. The molecule has 0 atom stereocenters. The summed E-state index contributed by atoms with van der Waals surface area (Å²) in [5, 5.41) is 15.3. The number of nitrogens with one attached hydrogen (secondary N) is 1. The summed E-state index contributed by atoms with van der Waals surface area (Å²) in [7, 11) is 1.56. The van der Waals surface area contributed by atoms with E-state index in [9.17, 15) is 9.59 Å². The fraction of sp³-hybridized carbons (Fsp3) is 0.0870. The van der Waals surface area contributed by atoms with Gasteiger partial charge in [0.05, 0.1) is 18.6 Å². The van der Waals surface area contributed by atoms with E-state index in [0.717, 1.165) is 11.8 Å². The van der Waals surface area contributed by atoms with Crippen molar-refractivity contribution in [2.24, 2.45) is 0 Å². The Kier molecular flexibility index (Phi) is 7.01. The van der Waals surface area contributed by atoms with Gasteiger partial charge in [0.1, 0.15) is 11.4 Å². The molecule has 1 amide bonds. The Balaban J connectivity index is 1.49. The molecule has 1 heterocycles. The van der Waals surface area contributed by atoms with Crippen LogP contribution >= 0.6 is 23.4 Å². The normalized spacial score (nSPS) is 10.6. The summed E-state index contributed by atoms with van der Waals surface area (Å²) < 4.78 is 6.87. The highest BCUT2D eigenvalue weighted by Crippen LogP contribution is 2.27. The summed E-state index contributed by atoms with van der Waals surface area (Å²) in [4.78, 5) is 25.6. The van der Waals surface area contributed by atoms with Gasteiger partial charge in [-0.2, -0.15) is 4.68 Å². The summed E-state index contributed by atoms with van der Waals surface area (Å²) in [5.74, 6) is 0.0680. The van der Waals surface area contributed by atoms with E-state index >= 15 is 0 Å². The first-order valence-electron chi connectivity index (χ1n) is 9.80. The second-order valence-corrected chi connectivity index (χ2v) is 8.15.